The second-order valence-corrected chi connectivity index (χ2v) is 6.53. The molecule has 0 saturated carbocycles. The number of ether oxygens (including phenoxy) is 1. The highest BCUT2D eigenvalue weighted by Crippen LogP contribution is 2.16. The molecular formula is C13H19N3O6S. The van der Waals surface area contributed by atoms with Gasteiger partial charge in [-0.05, 0) is 24.3 Å². The first kappa shape index (κ1) is 18.9. The molecule has 0 spiro atoms. The number of amides is 2. The topological polar surface area (TPSA) is 125 Å². The molecule has 0 radical (unpaired) electrons. The quantitative estimate of drug-likeness (QED) is 0.444. The Morgan fingerprint density at radius 3 is 2.26 bits per heavy atom. The molecule has 1 aromatic carbocycles. The maximum Gasteiger partial charge on any atom is 0.262 e. The number of sulfonamides is 1. The number of nitrogens with zero attached hydrogens (tertiary/aromatic N) is 1. The molecule has 1 unspecified atom stereocenters. The second-order valence-electron chi connectivity index (χ2n) is 4.82. The summed E-state index contributed by atoms with van der Waals surface area (Å²) >= 11 is 0. The molecule has 128 valence electrons. The molecule has 0 bridgehead atoms. The van der Waals surface area contributed by atoms with E-state index in [1.807, 2.05) is 0 Å². The molecule has 0 heterocycles. The summed E-state index contributed by atoms with van der Waals surface area (Å²) in [5.41, 5.74) is 1.35. The molecule has 0 saturated heterocycles. The summed E-state index contributed by atoms with van der Waals surface area (Å²) in [6, 6.07) is 4.04. The van der Waals surface area contributed by atoms with Crippen molar-refractivity contribution >= 4 is 21.8 Å². The van der Waals surface area contributed by atoms with E-state index in [9.17, 15) is 18.0 Å². The molecule has 0 aliphatic carbocycles. The lowest BCUT2D eigenvalue weighted by Crippen LogP contribution is -2.48. The largest absolute Gasteiger partial charge is 0.497 e. The van der Waals surface area contributed by atoms with Crippen LogP contribution in [0.4, 0.5) is 0 Å². The third kappa shape index (κ3) is 5.20. The molecule has 0 aliphatic heterocycles. The number of hydrogen-bond donors (Lipinski definition) is 3. The van der Waals surface area contributed by atoms with Crippen molar-refractivity contribution in [2.45, 2.75) is 17.4 Å². The zero-order valence-electron chi connectivity index (χ0n) is 12.9. The Labute approximate surface area is 134 Å². The summed E-state index contributed by atoms with van der Waals surface area (Å²) in [5, 5.41) is 8.72. The summed E-state index contributed by atoms with van der Waals surface area (Å²) in [5.74, 6) is -1.04. The molecular weight excluding hydrogens is 326 g/mol. The molecule has 3 N–H and O–H groups in total. The number of methoxy groups -OCH3 is 1. The van der Waals surface area contributed by atoms with Crippen molar-refractivity contribution in [1.82, 2.24) is 15.1 Å². The molecule has 9 nitrogen and oxygen atoms in total. The Kier molecular flexibility index (Phi) is 6.49. The van der Waals surface area contributed by atoms with Gasteiger partial charge in [-0.25, -0.2) is 13.9 Å². The van der Waals surface area contributed by atoms with Gasteiger partial charge in [-0.3, -0.25) is 14.8 Å². The standard InChI is InChI=1S/C13H19N3O6S/c1-16(2)12(17)8-11(13(18)14-19)15-23(20,21)10-6-4-9(22-3)5-7-10/h4-7,11,15,19H,8H2,1-3H3,(H,14,18). The van der Waals surface area contributed by atoms with Crippen LogP contribution in [0.25, 0.3) is 0 Å². The third-order valence-corrected chi connectivity index (χ3v) is 4.46. The number of carbonyl (C=O) groups is 2. The first-order chi connectivity index (χ1) is 10.7. The molecule has 0 fully saturated rings. The summed E-state index contributed by atoms with van der Waals surface area (Å²) in [7, 11) is 0.315. The summed E-state index contributed by atoms with van der Waals surface area (Å²) in [4.78, 5) is 24.4. The van der Waals surface area contributed by atoms with Gasteiger partial charge in [0, 0.05) is 14.1 Å². The van der Waals surface area contributed by atoms with Crippen LogP contribution in [-0.4, -0.2) is 57.6 Å². The first-order valence-electron chi connectivity index (χ1n) is 6.51. The number of nitrogens with one attached hydrogen (secondary N) is 2. The van der Waals surface area contributed by atoms with Crippen molar-refractivity contribution in [2.75, 3.05) is 21.2 Å². The van der Waals surface area contributed by atoms with E-state index in [0.29, 0.717) is 5.75 Å². The van der Waals surface area contributed by atoms with Gasteiger partial charge in [-0.15, -0.1) is 0 Å². The van der Waals surface area contributed by atoms with Crippen LogP contribution >= 0.6 is 0 Å². The fraction of sp³-hybridized carbons (Fsp3) is 0.385. The fourth-order valence-electron chi connectivity index (χ4n) is 1.63. The van der Waals surface area contributed by atoms with Gasteiger partial charge in [-0.2, -0.15) is 4.72 Å². The summed E-state index contributed by atoms with van der Waals surface area (Å²) in [6.45, 7) is 0. The molecule has 1 aromatic rings. The highest BCUT2D eigenvalue weighted by atomic mass is 32.2. The van der Waals surface area contributed by atoms with E-state index in [2.05, 4.69) is 4.72 Å². The van der Waals surface area contributed by atoms with Crippen LogP contribution in [-0.2, 0) is 19.6 Å². The zero-order valence-corrected chi connectivity index (χ0v) is 13.8. The van der Waals surface area contributed by atoms with Gasteiger partial charge < -0.3 is 9.64 Å². The third-order valence-electron chi connectivity index (χ3n) is 2.97. The molecule has 10 heteroatoms. The van der Waals surface area contributed by atoms with Gasteiger partial charge in [0.05, 0.1) is 18.4 Å². The highest BCUT2D eigenvalue weighted by molar-refractivity contribution is 7.89. The average molecular weight is 345 g/mol. The van der Waals surface area contributed by atoms with Crippen LogP contribution in [0.2, 0.25) is 0 Å². The Morgan fingerprint density at radius 1 is 1.26 bits per heavy atom. The van der Waals surface area contributed by atoms with Crippen LogP contribution in [0.5, 0.6) is 5.75 Å². The van der Waals surface area contributed by atoms with Crippen LogP contribution in [0.1, 0.15) is 6.42 Å². The van der Waals surface area contributed by atoms with E-state index >= 15 is 0 Å². The van der Waals surface area contributed by atoms with Crippen LogP contribution < -0.4 is 14.9 Å². The Balaban J connectivity index is 2.99. The molecule has 2 amide bonds. The van der Waals surface area contributed by atoms with Gasteiger partial charge in [0.1, 0.15) is 11.8 Å². The highest BCUT2D eigenvalue weighted by Gasteiger charge is 2.28. The number of hydrogen-bond acceptors (Lipinski definition) is 6. The summed E-state index contributed by atoms with van der Waals surface area (Å²) in [6.07, 6.45) is -0.436. The minimum Gasteiger partial charge on any atom is -0.497 e. The van der Waals surface area contributed by atoms with E-state index in [-0.39, 0.29) is 4.90 Å². The minimum atomic E-state index is -4.06. The van der Waals surface area contributed by atoms with E-state index < -0.39 is 34.3 Å². The van der Waals surface area contributed by atoms with Gasteiger partial charge in [-0.1, -0.05) is 0 Å². The fourth-order valence-corrected chi connectivity index (χ4v) is 2.83. The SMILES string of the molecule is COc1ccc(S(=O)(=O)NC(CC(=O)N(C)C)C(=O)NO)cc1. The lowest BCUT2D eigenvalue weighted by Gasteiger charge is -2.18. The predicted octanol–water partition coefficient (Wildman–Crippen LogP) is -0.674. The molecule has 23 heavy (non-hydrogen) atoms. The summed E-state index contributed by atoms with van der Waals surface area (Å²) < 4.78 is 31.6. The van der Waals surface area contributed by atoms with Gasteiger partial charge >= 0.3 is 0 Å². The van der Waals surface area contributed by atoms with Crippen LogP contribution in [0.3, 0.4) is 0 Å². The molecule has 1 atom stereocenters. The maximum atomic E-state index is 12.3. The van der Waals surface area contributed by atoms with Gasteiger partial charge in [0.25, 0.3) is 5.91 Å². The second kappa shape index (κ2) is 7.90. The maximum absolute atomic E-state index is 12.3. The zero-order chi connectivity index (χ0) is 17.6. The Bertz CT molecular complexity index is 657. The van der Waals surface area contributed by atoms with E-state index in [0.717, 1.165) is 0 Å². The van der Waals surface area contributed by atoms with Crippen molar-refractivity contribution < 1.29 is 28.0 Å². The molecule has 0 aliphatic rings. The van der Waals surface area contributed by atoms with Gasteiger partial charge in [0.2, 0.25) is 15.9 Å². The predicted molar refractivity (Wildman–Crippen MR) is 80.3 cm³/mol. The van der Waals surface area contributed by atoms with Crippen molar-refractivity contribution in [2.24, 2.45) is 0 Å². The minimum absolute atomic E-state index is 0.105. The van der Waals surface area contributed by atoms with Crippen LogP contribution in [0.15, 0.2) is 29.2 Å². The van der Waals surface area contributed by atoms with E-state index in [4.69, 9.17) is 9.94 Å². The Hall–Kier alpha value is -2.17. The van der Waals surface area contributed by atoms with E-state index in [1.165, 1.54) is 55.9 Å². The number of hydroxylamine groups is 1. The van der Waals surface area contributed by atoms with Crippen molar-refractivity contribution in [1.29, 1.82) is 0 Å². The van der Waals surface area contributed by atoms with Crippen molar-refractivity contribution in [3.63, 3.8) is 0 Å². The number of rotatable bonds is 7. The van der Waals surface area contributed by atoms with Crippen LogP contribution in [0, 0.1) is 0 Å². The normalized spacial score (nSPS) is 12.3. The monoisotopic (exact) mass is 345 g/mol. The van der Waals surface area contributed by atoms with Gasteiger partial charge in [0.15, 0.2) is 0 Å². The number of benzene rings is 1. The Morgan fingerprint density at radius 2 is 1.83 bits per heavy atom. The molecule has 0 aromatic heterocycles. The first-order valence-corrected chi connectivity index (χ1v) is 8.00. The molecule has 1 rings (SSSR count). The number of carbonyl (C=O) groups excluding carboxylic acids is 2. The van der Waals surface area contributed by atoms with Crippen molar-refractivity contribution in [3.05, 3.63) is 24.3 Å². The lowest BCUT2D eigenvalue weighted by molar-refractivity contribution is -0.136. The average Bonchev–Trinajstić information content (AvgIpc) is 2.53. The van der Waals surface area contributed by atoms with Crippen molar-refractivity contribution in [3.8, 4) is 5.75 Å². The lowest BCUT2D eigenvalue weighted by atomic mass is 10.2. The smallest absolute Gasteiger partial charge is 0.262 e. The van der Waals surface area contributed by atoms with E-state index in [1.54, 1.807) is 0 Å².